The Kier molecular flexibility index (Phi) is 7.78. The van der Waals surface area contributed by atoms with Crippen LogP contribution in [0.1, 0.15) is 37.0 Å². The van der Waals surface area contributed by atoms with E-state index in [1.165, 1.54) is 17.2 Å². The summed E-state index contributed by atoms with van der Waals surface area (Å²) >= 11 is 0. The van der Waals surface area contributed by atoms with Crippen LogP contribution in [0, 0.1) is 11.6 Å². The van der Waals surface area contributed by atoms with Gasteiger partial charge in [0.2, 0.25) is 5.82 Å². The molecule has 0 radical (unpaired) electrons. The third-order valence-corrected chi connectivity index (χ3v) is 5.11. The van der Waals surface area contributed by atoms with Gasteiger partial charge in [-0.2, -0.15) is 4.39 Å². The van der Waals surface area contributed by atoms with Gasteiger partial charge in [0.25, 0.3) is 0 Å². The molecule has 156 valence electrons. The molecule has 0 N–H and O–H groups in total. The van der Waals surface area contributed by atoms with Crippen LogP contribution in [0.2, 0.25) is 0 Å². The van der Waals surface area contributed by atoms with E-state index in [9.17, 15) is 8.78 Å². The van der Waals surface area contributed by atoms with Gasteiger partial charge in [-0.1, -0.05) is 73.7 Å². The average molecular weight is 407 g/mol. The first kappa shape index (κ1) is 21.8. The van der Waals surface area contributed by atoms with Crippen LogP contribution in [0.4, 0.5) is 8.78 Å². The first-order chi connectivity index (χ1) is 14.6. The molecular formula is C27H28F2O. The highest BCUT2D eigenvalue weighted by molar-refractivity contribution is 5.64. The highest BCUT2D eigenvalue weighted by atomic mass is 19.2. The van der Waals surface area contributed by atoms with Crippen molar-refractivity contribution in [3.05, 3.63) is 101 Å². The molecule has 0 aliphatic rings. The molecule has 0 aliphatic heterocycles. The average Bonchev–Trinajstić information content (AvgIpc) is 2.78. The fourth-order valence-corrected chi connectivity index (χ4v) is 3.39. The molecule has 0 heterocycles. The van der Waals surface area contributed by atoms with Gasteiger partial charge < -0.3 is 4.74 Å². The molecule has 3 rings (SSSR count). The predicted octanol–water partition coefficient (Wildman–Crippen LogP) is 7.32. The summed E-state index contributed by atoms with van der Waals surface area (Å²) in [4.78, 5) is 0. The number of rotatable bonds is 9. The Bertz CT molecular complexity index is 973. The minimum atomic E-state index is -0.904. The molecule has 3 aromatic carbocycles. The predicted molar refractivity (Wildman–Crippen MR) is 120 cm³/mol. The minimum Gasteiger partial charge on any atom is -0.491 e. The van der Waals surface area contributed by atoms with Crippen LogP contribution >= 0.6 is 0 Å². The van der Waals surface area contributed by atoms with Gasteiger partial charge >= 0.3 is 0 Å². The molecule has 0 aliphatic carbocycles. The molecule has 30 heavy (non-hydrogen) atoms. The normalized spacial score (nSPS) is 11.2. The van der Waals surface area contributed by atoms with Gasteiger partial charge in [0.05, 0.1) is 6.61 Å². The molecule has 0 amide bonds. The molecular weight excluding hydrogens is 378 g/mol. The third kappa shape index (κ3) is 5.56. The van der Waals surface area contributed by atoms with Crippen LogP contribution in [0.15, 0.2) is 72.8 Å². The van der Waals surface area contributed by atoms with Crippen LogP contribution in [0.5, 0.6) is 5.75 Å². The smallest absolute Gasteiger partial charge is 0.200 e. The zero-order valence-corrected chi connectivity index (χ0v) is 17.6. The first-order valence-electron chi connectivity index (χ1n) is 10.5. The maximum atomic E-state index is 14.2. The lowest BCUT2D eigenvalue weighted by Crippen LogP contribution is -2.02. The Labute approximate surface area is 178 Å². The summed E-state index contributed by atoms with van der Waals surface area (Å²) in [6.07, 6.45) is 7.48. The van der Waals surface area contributed by atoms with E-state index in [2.05, 4.69) is 67.6 Å². The van der Waals surface area contributed by atoms with Crippen molar-refractivity contribution in [3.8, 4) is 16.9 Å². The van der Waals surface area contributed by atoms with Gasteiger partial charge in [0.1, 0.15) is 0 Å². The van der Waals surface area contributed by atoms with E-state index >= 15 is 0 Å². The fraction of sp³-hybridized carbons (Fsp3) is 0.259. The lowest BCUT2D eigenvalue weighted by atomic mass is 9.99. The van der Waals surface area contributed by atoms with Gasteiger partial charge in [-0.25, -0.2) is 4.39 Å². The van der Waals surface area contributed by atoms with E-state index in [4.69, 9.17) is 4.74 Å². The highest BCUT2D eigenvalue weighted by Gasteiger charge is 2.14. The Morgan fingerprint density at radius 1 is 0.700 bits per heavy atom. The van der Waals surface area contributed by atoms with Gasteiger partial charge in [-0.05, 0) is 66.5 Å². The minimum absolute atomic E-state index is 0.0319. The summed E-state index contributed by atoms with van der Waals surface area (Å²) in [7, 11) is 0. The van der Waals surface area contributed by atoms with Crippen molar-refractivity contribution in [2.75, 3.05) is 6.61 Å². The Morgan fingerprint density at radius 3 is 1.93 bits per heavy atom. The summed E-state index contributed by atoms with van der Waals surface area (Å²) in [5.74, 6) is -1.75. The summed E-state index contributed by atoms with van der Waals surface area (Å²) < 4.78 is 33.4. The lowest BCUT2D eigenvalue weighted by molar-refractivity contribution is 0.313. The molecule has 0 fully saturated rings. The first-order valence-corrected chi connectivity index (χ1v) is 10.5. The molecule has 0 saturated carbocycles. The maximum Gasteiger partial charge on any atom is 0.200 e. The summed E-state index contributed by atoms with van der Waals surface area (Å²) in [5.41, 5.74) is 5.07. The third-order valence-electron chi connectivity index (χ3n) is 5.11. The van der Waals surface area contributed by atoms with Crippen LogP contribution in [-0.4, -0.2) is 6.61 Å². The number of halogens is 2. The zero-order chi connectivity index (χ0) is 21.3. The molecule has 0 bridgehead atoms. The molecule has 0 spiro atoms. The number of hydrogen-bond donors (Lipinski definition) is 0. The van der Waals surface area contributed by atoms with E-state index in [-0.39, 0.29) is 5.75 Å². The van der Waals surface area contributed by atoms with Crippen molar-refractivity contribution in [2.45, 2.75) is 39.5 Å². The van der Waals surface area contributed by atoms with Crippen LogP contribution in [0.25, 0.3) is 11.1 Å². The molecule has 1 nitrogen and oxygen atoms in total. The molecule has 0 atom stereocenters. The van der Waals surface area contributed by atoms with E-state index in [0.29, 0.717) is 25.0 Å². The summed E-state index contributed by atoms with van der Waals surface area (Å²) in [5, 5.41) is 0. The fourth-order valence-electron chi connectivity index (χ4n) is 3.39. The monoisotopic (exact) mass is 406 g/mol. The molecule has 3 aromatic rings. The Hall–Kier alpha value is -2.94. The number of ether oxygens (including phenoxy) is 1. The van der Waals surface area contributed by atoms with Crippen molar-refractivity contribution in [1.82, 2.24) is 0 Å². The van der Waals surface area contributed by atoms with Gasteiger partial charge in [-0.3, -0.25) is 0 Å². The number of allylic oxidation sites excluding steroid dienone is 2. The van der Waals surface area contributed by atoms with Crippen molar-refractivity contribution in [2.24, 2.45) is 0 Å². The van der Waals surface area contributed by atoms with Crippen molar-refractivity contribution >= 4 is 0 Å². The highest BCUT2D eigenvalue weighted by Crippen LogP contribution is 2.25. The standard InChI is InChI=1S/C27H28F2O/c1-3-5-6-7-20-8-13-22(14-9-20)23-15-10-21(11-16-23)12-17-24-18-19-25(30-4-2)27(29)26(24)28/h5-6,8-11,13-16,18-19H,3-4,7,12,17H2,1-2H3/b6-5-. The van der Waals surface area contributed by atoms with E-state index in [1.807, 2.05) is 0 Å². The Morgan fingerprint density at radius 2 is 1.33 bits per heavy atom. The van der Waals surface area contributed by atoms with E-state index in [1.54, 1.807) is 13.0 Å². The largest absolute Gasteiger partial charge is 0.491 e. The number of aryl methyl sites for hydroxylation is 2. The molecule has 0 unspecified atom stereocenters. The van der Waals surface area contributed by atoms with Crippen LogP contribution in [-0.2, 0) is 19.3 Å². The van der Waals surface area contributed by atoms with Crippen molar-refractivity contribution in [1.29, 1.82) is 0 Å². The Balaban J connectivity index is 1.62. The van der Waals surface area contributed by atoms with Crippen LogP contribution < -0.4 is 4.74 Å². The maximum absolute atomic E-state index is 14.2. The SMILES string of the molecule is CC/C=C\Cc1ccc(-c2ccc(CCc3ccc(OCC)c(F)c3F)cc2)cc1. The second-order valence-electron chi connectivity index (χ2n) is 7.26. The second kappa shape index (κ2) is 10.7. The molecule has 0 saturated heterocycles. The van der Waals surface area contributed by atoms with Gasteiger partial charge in [0, 0.05) is 0 Å². The van der Waals surface area contributed by atoms with Crippen LogP contribution in [0.3, 0.4) is 0 Å². The zero-order valence-electron chi connectivity index (χ0n) is 17.6. The van der Waals surface area contributed by atoms with Crippen molar-refractivity contribution in [3.63, 3.8) is 0 Å². The van der Waals surface area contributed by atoms with E-state index < -0.39 is 11.6 Å². The molecule has 3 heteroatoms. The topological polar surface area (TPSA) is 9.23 Å². The summed E-state index contributed by atoms with van der Waals surface area (Å²) in [6, 6.07) is 20.0. The molecule has 0 aromatic heterocycles. The van der Waals surface area contributed by atoms with Gasteiger partial charge in [0.15, 0.2) is 11.6 Å². The summed E-state index contributed by atoms with van der Waals surface area (Å²) in [6.45, 7) is 4.19. The number of hydrogen-bond acceptors (Lipinski definition) is 1. The van der Waals surface area contributed by atoms with Gasteiger partial charge in [-0.15, -0.1) is 0 Å². The second-order valence-corrected chi connectivity index (χ2v) is 7.26. The number of benzene rings is 3. The lowest BCUT2D eigenvalue weighted by Gasteiger charge is -2.09. The van der Waals surface area contributed by atoms with E-state index in [0.717, 1.165) is 24.0 Å². The quantitative estimate of drug-likeness (QED) is 0.338. The van der Waals surface area contributed by atoms with Crippen molar-refractivity contribution < 1.29 is 13.5 Å².